The van der Waals surface area contributed by atoms with Gasteiger partial charge in [-0.25, -0.2) is 0 Å². The minimum Gasteiger partial charge on any atom is -0.392 e. The Morgan fingerprint density at radius 2 is 2.29 bits per heavy atom. The highest BCUT2D eigenvalue weighted by Crippen LogP contribution is 2.24. The molecule has 0 saturated heterocycles. The van der Waals surface area contributed by atoms with E-state index in [4.69, 9.17) is 10.4 Å². The van der Waals surface area contributed by atoms with Crippen LogP contribution in [0.4, 0.5) is 5.69 Å². The first kappa shape index (κ1) is 10.9. The van der Waals surface area contributed by atoms with Gasteiger partial charge >= 0.3 is 0 Å². The number of halogens is 1. The minimum atomic E-state index is -0.609. The lowest BCUT2D eigenvalue weighted by molar-refractivity contribution is -0.385. The van der Waals surface area contributed by atoms with E-state index in [0.717, 1.165) is 0 Å². The summed E-state index contributed by atoms with van der Waals surface area (Å²) in [6, 6.07) is 4.34. The summed E-state index contributed by atoms with van der Waals surface area (Å²) >= 11 is 1.88. The Hall–Kier alpha value is -1.20. The number of nitro groups is 1. The molecule has 0 aromatic heterocycles. The maximum atomic E-state index is 10.5. The Labute approximate surface area is 93.3 Å². The van der Waals surface area contributed by atoms with E-state index in [2.05, 4.69) is 0 Å². The molecule has 0 atom stereocenters. The molecule has 1 rings (SSSR count). The molecule has 0 aliphatic heterocycles. The van der Waals surface area contributed by atoms with Gasteiger partial charge in [-0.05, 0) is 34.2 Å². The second-order valence-corrected chi connectivity index (χ2v) is 3.65. The lowest BCUT2D eigenvalue weighted by Gasteiger charge is -2.01. The molecule has 1 aromatic carbocycles. The lowest BCUT2D eigenvalue weighted by atomic mass is 10.1. The molecule has 0 aliphatic rings. The van der Waals surface area contributed by atoms with E-state index in [1.165, 1.54) is 12.1 Å². The van der Waals surface area contributed by atoms with Crippen LogP contribution in [0.5, 0.6) is 0 Å². The number of nitrogens with zero attached hydrogens (tertiary/aromatic N) is 2. The SMILES string of the molecule is N#Cc1cc(CO)c(I)cc1[N+](=O)[O-]. The van der Waals surface area contributed by atoms with Crippen molar-refractivity contribution in [2.75, 3.05) is 0 Å². The van der Waals surface area contributed by atoms with Gasteiger partial charge in [0.05, 0.1) is 11.5 Å². The number of aliphatic hydroxyl groups is 1. The normalized spacial score (nSPS) is 9.50. The van der Waals surface area contributed by atoms with Gasteiger partial charge in [0.1, 0.15) is 11.6 Å². The number of nitriles is 1. The first-order valence-electron chi connectivity index (χ1n) is 3.58. The predicted octanol–water partition coefficient (Wildman–Crippen LogP) is 1.56. The molecule has 6 heteroatoms. The molecule has 0 fully saturated rings. The molecule has 0 radical (unpaired) electrons. The van der Waals surface area contributed by atoms with Gasteiger partial charge in [-0.3, -0.25) is 10.1 Å². The van der Waals surface area contributed by atoms with Crippen LogP contribution < -0.4 is 0 Å². The highest BCUT2D eigenvalue weighted by Gasteiger charge is 2.16. The fourth-order valence-electron chi connectivity index (χ4n) is 0.969. The molecule has 0 aliphatic carbocycles. The molecule has 0 unspecified atom stereocenters. The van der Waals surface area contributed by atoms with Crippen LogP contribution in [0.15, 0.2) is 12.1 Å². The van der Waals surface area contributed by atoms with Crippen LogP contribution >= 0.6 is 22.6 Å². The molecule has 1 aromatic rings. The van der Waals surface area contributed by atoms with Crippen molar-refractivity contribution in [3.05, 3.63) is 36.9 Å². The Morgan fingerprint density at radius 3 is 2.71 bits per heavy atom. The van der Waals surface area contributed by atoms with Gasteiger partial charge in [-0.2, -0.15) is 5.26 Å². The van der Waals surface area contributed by atoms with Crippen LogP contribution in [-0.2, 0) is 6.61 Å². The molecular formula is C8H5IN2O3. The number of nitro benzene ring substituents is 1. The topological polar surface area (TPSA) is 87.2 Å². The van der Waals surface area contributed by atoms with Gasteiger partial charge in [0.15, 0.2) is 0 Å². The van der Waals surface area contributed by atoms with Crippen molar-refractivity contribution in [1.29, 1.82) is 5.26 Å². The van der Waals surface area contributed by atoms with Crippen molar-refractivity contribution in [2.24, 2.45) is 0 Å². The van der Waals surface area contributed by atoms with Crippen LogP contribution in [0, 0.1) is 25.0 Å². The fraction of sp³-hybridized carbons (Fsp3) is 0.125. The minimum absolute atomic E-state index is 0.0283. The highest BCUT2D eigenvalue weighted by atomic mass is 127. The van der Waals surface area contributed by atoms with Gasteiger partial charge in [-0.15, -0.1) is 0 Å². The summed E-state index contributed by atoms with van der Waals surface area (Å²) in [5, 5.41) is 28.0. The van der Waals surface area contributed by atoms with Crippen LogP contribution in [0.1, 0.15) is 11.1 Å². The third kappa shape index (κ3) is 2.00. The number of rotatable bonds is 2. The largest absolute Gasteiger partial charge is 0.392 e. The molecule has 0 saturated carbocycles. The first-order valence-corrected chi connectivity index (χ1v) is 4.65. The van der Waals surface area contributed by atoms with Gasteiger partial charge < -0.3 is 5.11 Å². The number of hydrogen-bond donors (Lipinski definition) is 1. The van der Waals surface area contributed by atoms with Crippen LogP contribution in [0.3, 0.4) is 0 Å². The van der Waals surface area contributed by atoms with Crippen molar-refractivity contribution in [3.8, 4) is 6.07 Å². The standard InChI is InChI=1S/C8H5IN2O3/c9-7-2-8(11(13)14)5(3-10)1-6(7)4-12/h1-2,12H,4H2. The molecule has 0 spiro atoms. The van der Waals surface area contributed by atoms with E-state index in [0.29, 0.717) is 9.13 Å². The number of aliphatic hydroxyl groups excluding tert-OH is 1. The Kier molecular flexibility index (Phi) is 3.38. The summed E-state index contributed by atoms with van der Waals surface area (Å²) in [5.41, 5.74) is 0.265. The first-order chi connectivity index (χ1) is 6.60. The van der Waals surface area contributed by atoms with E-state index in [9.17, 15) is 10.1 Å². The van der Waals surface area contributed by atoms with Crippen molar-refractivity contribution in [1.82, 2.24) is 0 Å². The van der Waals surface area contributed by atoms with Gasteiger partial charge in [0.2, 0.25) is 0 Å². The van der Waals surface area contributed by atoms with E-state index >= 15 is 0 Å². The number of hydrogen-bond acceptors (Lipinski definition) is 4. The van der Waals surface area contributed by atoms with Gasteiger partial charge in [0, 0.05) is 9.64 Å². The van der Waals surface area contributed by atoms with Gasteiger partial charge in [0.25, 0.3) is 5.69 Å². The molecule has 72 valence electrons. The zero-order valence-corrected chi connectivity index (χ0v) is 9.06. The summed E-state index contributed by atoms with van der Waals surface area (Å²) < 4.78 is 0.579. The molecule has 14 heavy (non-hydrogen) atoms. The quantitative estimate of drug-likeness (QED) is 0.510. The van der Waals surface area contributed by atoms with E-state index in [1.54, 1.807) is 6.07 Å². The fourth-order valence-corrected chi connectivity index (χ4v) is 1.59. The summed E-state index contributed by atoms with van der Waals surface area (Å²) in [6.45, 7) is -0.231. The lowest BCUT2D eigenvalue weighted by Crippen LogP contribution is -1.97. The predicted molar refractivity (Wildman–Crippen MR) is 56.5 cm³/mol. The van der Waals surface area contributed by atoms with Gasteiger partial charge in [-0.1, -0.05) is 0 Å². The maximum absolute atomic E-state index is 10.5. The molecule has 0 bridgehead atoms. The zero-order valence-electron chi connectivity index (χ0n) is 6.90. The summed E-state index contributed by atoms with van der Waals surface area (Å²) in [7, 11) is 0. The second-order valence-electron chi connectivity index (χ2n) is 2.49. The van der Waals surface area contributed by atoms with Crippen molar-refractivity contribution in [3.63, 3.8) is 0 Å². The smallest absolute Gasteiger partial charge is 0.288 e. The maximum Gasteiger partial charge on any atom is 0.288 e. The van der Waals surface area contributed by atoms with Crippen molar-refractivity contribution < 1.29 is 10.0 Å². The van der Waals surface area contributed by atoms with Crippen LogP contribution in [-0.4, -0.2) is 10.0 Å². The van der Waals surface area contributed by atoms with Crippen LogP contribution in [0.2, 0.25) is 0 Å². The van der Waals surface area contributed by atoms with Crippen LogP contribution in [0.25, 0.3) is 0 Å². The Morgan fingerprint density at radius 1 is 1.64 bits per heavy atom. The second kappa shape index (κ2) is 4.34. The third-order valence-corrected chi connectivity index (χ3v) is 2.66. The molecule has 1 N–H and O–H groups in total. The Bertz CT molecular complexity index is 425. The average Bonchev–Trinajstić information content (AvgIpc) is 2.17. The molecule has 0 amide bonds. The van der Waals surface area contributed by atoms with Crippen molar-refractivity contribution in [2.45, 2.75) is 6.61 Å². The number of benzene rings is 1. The zero-order chi connectivity index (χ0) is 10.7. The van der Waals surface area contributed by atoms with E-state index in [1.807, 2.05) is 22.6 Å². The summed E-state index contributed by atoms with van der Waals surface area (Å²) in [6.07, 6.45) is 0. The molecule has 0 heterocycles. The average molecular weight is 304 g/mol. The third-order valence-electron chi connectivity index (χ3n) is 1.65. The van der Waals surface area contributed by atoms with E-state index < -0.39 is 4.92 Å². The summed E-state index contributed by atoms with van der Waals surface area (Å²) in [4.78, 5) is 9.91. The molecular weight excluding hydrogens is 299 g/mol. The van der Waals surface area contributed by atoms with Crippen molar-refractivity contribution >= 4 is 28.3 Å². The molecule has 5 nitrogen and oxygen atoms in total. The summed E-state index contributed by atoms with van der Waals surface area (Å²) in [5.74, 6) is 0. The highest BCUT2D eigenvalue weighted by molar-refractivity contribution is 14.1. The monoisotopic (exact) mass is 304 g/mol. The Balaban J connectivity index is 3.41. The van der Waals surface area contributed by atoms with E-state index in [-0.39, 0.29) is 17.9 Å².